The third kappa shape index (κ3) is 5.66. The number of hydrogen-bond donors (Lipinski definition) is 2. The quantitative estimate of drug-likeness (QED) is 0.787. The van der Waals surface area contributed by atoms with Crippen LogP contribution in [0.25, 0.3) is 0 Å². The van der Waals surface area contributed by atoms with Crippen LogP contribution < -0.4 is 10.6 Å². The molecule has 0 atom stereocenters. The van der Waals surface area contributed by atoms with Crippen LogP contribution in [-0.2, 0) is 9.59 Å². The lowest BCUT2D eigenvalue weighted by Crippen LogP contribution is -2.33. The standard InChI is InChI=1S/C17H16F2N2O2S/c1-11-2-5-13(6-3-11)24-10-17(23)20-9-16(22)21-12-4-7-14(18)15(19)8-12/h2-8H,9-10H2,1H3,(H,20,23)(H,21,22). The highest BCUT2D eigenvalue weighted by molar-refractivity contribution is 8.00. The van der Waals surface area contributed by atoms with Crippen molar-refractivity contribution in [2.24, 2.45) is 0 Å². The molecule has 0 aromatic heterocycles. The summed E-state index contributed by atoms with van der Waals surface area (Å²) in [5, 5.41) is 4.85. The zero-order valence-corrected chi connectivity index (χ0v) is 13.8. The van der Waals surface area contributed by atoms with E-state index in [0.29, 0.717) is 0 Å². The van der Waals surface area contributed by atoms with Gasteiger partial charge in [0.25, 0.3) is 0 Å². The van der Waals surface area contributed by atoms with Crippen molar-refractivity contribution in [3.8, 4) is 0 Å². The average Bonchev–Trinajstić information content (AvgIpc) is 2.56. The second kappa shape index (κ2) is 8.44. The normalized spacial score (nSPS) is 10.3. The van der Waals surface area contributed by atoms with Gasteiger partial charge in [-0.2, -0.15) is 0 Å². The van der Waals surface area contributed by atoms with Gasteiger partial charge >= 0.3 is 0 Å². The summed E-state index contributed by atoms with van der Waals surface area (Å²) in [6.07, 6.45) is 0. The van der Waals surface area contributed by atoms with Crippen molar-refractivity contribution >= 4 is 29.3 Å². The molecule has 0 saturated carbocycles. The number of halogens is 2. The average molecular weight is 350 g/mol. The van der Waals surface area contributed by atoms with Gasteiger partial charge < -0.3 is 10.6 Å². The van der Waals surface area contributed by atoms with Gasteiger partial charge in [-0.1, -0.05) is 17.7 Å². The van der Waals surface area contributed by atoms with Crippen molar-refractivity contribution in [3.05, 3.63) is 59.7 Å². The van der Waals surface area contributed by atoms with Crippen molar-refractivity contribution in [2.75, 3.05) is 17.6 Å². The second-order valence-corrected chi connectivity index (χ2v) is 6.10. The summed E-state index contributed by atoms with van der Waals surface area (Å²) in [6.45, 7) is 1.74. The van der Waals surface area contributed by atoms with Gasteiger partial charge in [0.15, 0.2) is 11.6 Å². The highest BCUT2D eigenvalue weighted by Gasteiger charge is 2.08. The Morgan fingerprint density at radius 1 is 1.00 bits per heavy atom. The number of rotatable bonds is 6. The molecule has 2 N–H and O–H groups in total. The summed E-state index contributed by atoms with van der Waals surface area (Å²) in [5.74, 6) is -2.67. The molecule has 24 heavy (non-hydrogen) atoms. The van der Waals surface area contributed by atoms with E-state index in [1.54, 1.807) is 0 Å². The van der Waals surface area contributed by atoms with Crippen molar-refractivity contribution in [2.45, 2.75) is 11.8 Å². The fraction of sp³-hybridized carbons (Fsp3) is 0.176. The Bertz CT molecular complexity index is 736. The number of amides is 2. The Labute approximate surface area is 142 Å². The van der Waals surface area contributed by atoms with E-state index in [0.717, 1.165) is 22.6 Å². The predicted octanol–water partition coefficient (Wildman–Crippen LogP) is 3.12. The van der Waals surface area contributed by atoms with Crippen LogP contribution in [0.4, 0.5) is 14.5 Å². The van der Waals surface area contributed by atoms with Crippen molar-refractivity contribution in [1.82, 2.24) is 5.32 Å². The minimum absolute atomic E-state index is 0.127. The maximum Gasteiger partial charge on any atom is 0.243 e. The van der Waals surface area contributed by atoms with Gasteiger partial charge in [0.2, 0.25) is 11.8 Å². The van der Waals surface area contributed by atoms with Crippen LogP contribution in [0.15, 0.2) is 47.4 Å². The molecule has 2 rings (SSSR count). The van der Waals surface area contributed by atoms with Gasteiger partial charge in [0, 0.05) is 16.6 Å². The van der Waals surface area contributed by atoms with Crippen molar-refractivity contribution in [3.63, 3.8) is 0 Å². The molecule has 4 nitrogen and oxygen atoms in total. The topological polar surface area (TPSA) is 58.2 Å². The molecule has 2 amide bonds. The van der Waals surface area contributed by atoms with Crippen LogP contribution in [0.2, 0.25) is 0 Å². The fourth-order valence-corrected chi connectivity index (χ4v) is 2.52. The number of aryl methyl sites for hydroxylation is 1. The minimum atomic E-state index is -1.05. The molecule has 0 aliphatic carbocycles. The van der Waals surface area contributed by atoms with Crippen LogP contribution in [0, 0.1) is 18.6 Å². The van der Waals surface area contributed by atoms with E-state index in [1.807, 2.05) is 31.2 Å². The molecule has 2 aromatic rings. The van der Waals surface area contributed by atoms with E-state index in [2.05, 4.69) is 10.6 Å². The molecule has 0 spiro atoms. The molecule has 0 fully saturated rings. The lowest BCUT2D eigenvalue weighted by molar-refractivity contribution is -0.122. The maximum absolute atomic E-state index is 13.0. The number of nitrogens with one attached hydrogen (secondary N) is 2. The first-order chi connectivity index (χ1) is 11.4. The van der Waals surface area contributed by atoms with Crippen LogP contribution in [0.5, 0.6) is 0 Å². The van der Waals surface area contributed by atoms with Crippen LogP contribution in [-0.4, -0.2) is 24.1 Å². The monoisotopic (exact) mass is 350 g/mol. The minimum Gasteiger partial charge on any atom is -0.346 e. The molecule has 0 aliphatic rings. The van der Waals surface area contributed by atoms with Crippen molar-refractivity contribution < 1.29 is 18.4 Å². The van der Waals surface area contributed by atoms with Gasteiger partial charge in [-0.25, -0.2) is 8.78 Å². The van der Waals surface area contributed by atoms with Gasteiger partial charge in [0.05, 0.1) is 12.3 Å². The van der Waals surface area contributed by atoms with Crippen molar-refractivity contribution in [1.29, 1.82) is 0 Å². The number of anilines is 1. The van der Waals surface area contributed by atoms with Gasteiger partial charge in [-0.3, -0.25) is 9.59 Å². The molecule has 0 saturated heterocycles. The lowest BCUT2D eigenvalue weighted by Gasteiger charge is -2.07. The Morgan fingerprint density at radius 3 is 2.38 bits per heavy atom. The third-order valence-electron chi connectivity index (χ3n) is 3.04. The Hall–Kier alpha value is -2.41. The van der Waals surface area contributed by atoms with Crippen LogP contribution in [0.1, 0.15) is 5.56 Å². The largest absolute Gasteiger partial charge is 0.346 e. The summed E-state index contributed by atoms with van der Waals surface area (Å²) >= 11 is 1.36. The molecule has 0 bridgehead atoms. The number of carbonyl (C=O) groups excluding carboxylic acids is 2. The summed E-state index contributed by atoms with van der Waals surface area (Å²) in [6, 6.07) is 10.8. The van der Waals surface area contributed by atoms with E-state index < -0.39 is 17.5 Å². The zero-order valence-electron chi connectivity index (χ0n) is 12.9. The molecule has 0 aliphatic heterocycles. The van der Waals surface area contributed by atoms with E-state index in [9.17, 15) is 18.4 Å². The molecule has 7 heteroatoms. The first kappa shape index (κ1) is 17.9. The third-order valence-corrected chi connectivity index (χ3v) is 4.05. The Kier molecular flexibility index (Phi) is 6.31. The van der Waals surface area contributed by atoms with Gasteiger partial charge in [-0.15, -0.1) is 11.8 Å². The summed E-state index contributed by atoms with van der Waals surface area (Å²) in [7, 11) is 0. The molecular formula is C17H16F2N2O2S. The van der Waals surface area contributed by atoms with Gasteiger partial charge in [-0.05, 0) is 31.2 Å². The first-order valence-corrected chi connectivity index (χ1v) is 8.13. The highest BCUT2D eigenvalue weighted by atomic mass is 32.2. The van der Waals surface area contributed by atoms with E-state index in [-0.39, 0.29) is 23.9 Å². The van der Waals surface area contributed by atoms with E-state index in [1.165, 1.54) is 17.8 Å². The smallest absolute Gasteiger partial charge is 0.243 e. The number of thioether (sulfide) groups is 1. The molecule has 0 heterocycles. The molecular weight excluding hydrogens is 334 g/mol. The lowest BCUT2D eigenvalue weighted by atomic mass is 10.2. The molecule has 126 valence electrons. The van der Waals surface area contributed by atoms with E-state index in [4.69, 9.17) is 0 Å². The van der Waals surface area contributed by atoms with E-state index >= 15 is 0 Å². The number of hydrogen-bond acceptors (Lipinski definition) is 3. The SMILES string of the molecule is Cc1ccc(SCC(=O)NCC(=O)Nc2ccc(F)c(F)c2)cc1. The second-order valence-electron chi connectivity index (χ2n) is 5.06. The van der Waals surface area contributed by atoms with Crippen LogP contribution >= 0.6 is 11.8 Å². The Balaban J connectivity index is 1.73. The molecule has 0 radical (unpaired) electrons. The van der Waals surface area contributed by atoms with Crippen LogP contribution in [0.3, 0.4) is 0 Å². The molecule has 0 unspecified atom stereocenters. The summed E-state index contributed by atoms with van der Waals surface area (Å²) in [4.78, 5) is 24.4. The summed E-state index contributed by atoms with van der Waals surface area (Å²) in [5.41, 5.74) is 1.26. The number of carbonyl (C=O) groups is 2. The highest BCUT2D eigenvalue weighted by Crippen LogP contribution is 2.17. The molecule has 2 aromatic carbocycles. The summed E-state index contributed by atoms with van der Waals surface area (Å²) < 4.78 is 25.8. The first-order valence-electron chi connectivity index (χ1n) is 7.15. The predicted molar refractivity (Wildman–Crippen MR) is 89.9 cm³/mol. The number of benzene rings is 2. The van der Waals surface area contributed by atoms with Gasteiger partial charge in [0.1, 0.15) is 0 Å². The maximum atomic E-state index is 13.0. The Morgan fingerprint density at radius 2 is 1.71 bits per heavy atom. The zero-order chi connectivity index (χ0) is 17.5. The fourth-order valence-electron chi connectivity index (χ4n) is 1.79.